The molecular weight excluding hydrogens is 248 g/mol. The lowest BCUT2D eigenvalue weighted by Crippen LogP contribution is -1.95. The molecule has 0 fully saturated rings. The molecule has 0 saturated carbocycles. The van der Waals surface area contributed by atoms with Crippen LogP contribution in [0.25, 0.3) is 22.0 Å². The minimum absolute atomic E-state index is 0.559. The molecule has 0 aliphatic heterocycles. The van der Waals surface area contributed by atoms with Gasteiger partial charge in [-0.25, -0.2) is 4.98 Å². The maximum absolute atomic E-state index is 6.09. The Morgan fingerprint density at radius 2 is 1.90 bits per heavy atom. The lowest BCUT2D eigenvalue weighted by molar-refractivity contribution is 0.415. The lowest BCUT2D eigenvalue weighted by atomic mass is 10.0. The molecule has 0 spiro atoms. The van der Waals surface area contributed by atoms with Gasteiger partial charge in [0, 0.05) is 10.9 Å². The SMILES string of the molecule is COc1cccc(-c2cc3ccc(C)cc3c(N)n2)c1. The Morgan fingerprint density at radius 3 is 2.70 bits per heavy atom. The lowest BCUT2D eigenvalue weighted by Gasteiger charge is -2.08. The van der Waals surface area contributed by atoms with Crippen molar-refractivity contribution in [3.8, 4) is 17.0 Å². The van der Waals surface area contributed by atoms with Gasteiger partial charge in [0.15, 0.2) is 0 Å². The summed E-state index contributed by atoms with van der Waals surface area (Å²) in [5.41, 5.74) is 9.13. The Balaban J connectivity index is 2.19. The molecule has 1 aromatic heterocycles. The van der Waals surface area contributed by atoms with Gasteiger partial charge in [-0.15, -0.1) is 0 Å². The molecule has 2 aromatic carbocycles. The van der Waals surface area contributed by atoms with Crippen LogP contribution in [0, 0.1) is 6.92 Å². The number of hydrogen-bond donors (Lipinski definition) is 1. The van der Waals surface area contributed by atoms with E-state index in [1.165, 1.54) is 5.56 Å². The highest BCUT2D eigenvalue weighted by atomic mass is 16.5. The standard InChI is InChI=1S/C17H16N2O/c1-11-6-7-12-10-16(19-17(18)15(12)8-11)13-4-3-5-14(9-13)20-2/h3-10H,1-2H3,(H2,18,19). The van der Waals surface area contributed by atoms with E-state index in [0.717, 1.165) is 27.8 Å². The summed E-state index contributed by atoms with van der Waals surface area (Å²) in [6.45, 7) is 2.05. The zero-order chi connectivity index (χ0) is 14.1. The van der Waals surface area contributed by atoms with Gasteiger partial charge in [-0.2, -0.15) is 0 Å². The first-order valence-corrected chi connectivity index (χ1v) is 6.49. The number of nitrogens with two attached hydrogens (primary N) is 1. The van der Waals surface area contributed by atoms with E-state index >= 15 is 0 Å². The zero-order valence-electron chi connectivity index (χ0n) is 11.6. The van der Waals surface area contributed by atoms with Crippen molar-refractivity contribution in [2.45, 2.75) is 6.92 Å². The number of fused-ring (bicyclic) bond motifs is 1. The number of nitrogens with zero attached hydrogens (tertiary/aromatic N) is 1. The minimum Gasteiger partial charge on any atom is -0.497 e. The van der Waals surface area contributed by atoms with Crippen molar-refractivity contribution in [2.24, 2.45) is 0 Å². The summed E-state index contributed by atoms with van der Waals surface area (Å²) in [6.07, 6.45) is 0. The van der Waals surface area contributed by atoms with Crippen LogP contribution < -0.4 is 10.5 Å². The molecular formula is C17H16N2O. The van der Waals surface area contributed by atoms with Crippen molar-refractivity contribution in [1.29, 1.82) is 0 Å². The number of aryl methyl sites for hydroxylation is 1. The van der Waals surface area contributed by atoms with Crippen LogP contribution in [0.4, 0.5) is 5.82 Å². The number of ether oxygens (including phenoxy) is 1. The molecule has 0 unspecified atom stereocenters. The second kappa shape index (κ2) is 4.85. The van der Waals surface area contributed by atoms with E-state index in [1.54, 1.807) is 7.11 Å². The molecule has 20 heavy (non-hydrogen) atoms. The van der Waals surface area contributed by atoms with Gasteiger partial charge in [0.05, 0.1) is 12.8 Å². The second-order valence-electron chi connectivity index (χ2n) is 4.85. The molecule has 0 saturated heterocycles. The van der Waals surface area contributed by atoms with Crippen LogP contribution in [0.15, 0.2) is 48.5 Å². The van der Waals surface area contributed by atoms with Crippen molar-refractivity contribution in [1.82, 2.24) is 4.98 Å². The molecule has 3 heteroatoms. The Kier molecular flexibility index (Phi) is 3.03. The van der Waals surface area contributed by atoms with Crippen LogP contribution >= 0.6 is 0 Å². The van der Waals surface area contributed by atoms with Gasteiger partial charge in [0.25, 0.3) is 0 Å². The number of benzene rings is 2. The fraction of sp³-hybridized carbons (Fsp3) is 0.118. The highest BCUT2D eigenvalue weighted by Crippen LogP contribution is 2.28. The summed E-state index contributed by atoms with van der Waals surface area (Å²) >= 11 is 0. The number of rotatable bonds is 2. The molecule has 0 atom stereocenters. The third-order valence-electron chi connectivity index (χ3n) is 3.38. The van der Waals surface area contributed by atoms with E-state index < -0.39 is 0 Å². The maximum atomic E-state index is 6.09. The monoisotopic (exact) mass is 264 g/mol. The van der Waals surface area contributed by atoms with Crippen LogP contribution in [-0.2, 0) is 0 Å². The van der Waals surface area contributed by atoms with E-state index in [4.69, 9.17) is 10.5 Å². The maximum Gasteiger partial charge on any atom is 0.131 e. The molecule has 0 radical (unpaired) electrons. The van der Waals surface area contributed by atoms with Crippen LogP contribution in [0.1, 0.15) is 5.56 Å². The summed E-state index contributed by atoms with van der Waals surface area (Å²) < 4.78 is 5.25. The molecule has 0 aliphatic rings. The van der Waals surface area contributed by atoms with Gasteiger partial charge in [0.1, 0.15) is 11.6 Å². The number of hydrogen-bond acceptors (Lipinski definition) is 3. The first kappa shape index (κ1) is 12.5. The van der Waals surface area contributed by atoms with E-state index in [-0.39, 0.29) is 0 Å². The van der Waals surface area contributed by atoms with Crippen molar-refractivity contribution >= 4 is 16.6 Å². The third kappa shape index (κ3) is 2.18. The second-order valence-corrected chi connectivity index (χ2v) is 4.85. The topological polar surface area (TPSA) is 48.1 Å². The van der Waals surface area contributed by atoms with E-state index in [9.17, 15) is 0 Å². The average molecular weight is 264 g/mol. The third-order valence-corrected chi connectivity index (χ3v) is 3.38. The van der Waals surface area contributed by atoms with Gasteiger partial charge in [-0.3, -0.25) is 0 Å². The van der Waals surface area contributed by atoms with Crippen LogP contribution in [0.3, 0.4) is 0 Å². The summed E-state index contributed by atoms with van der Waals surface area (Å²) in [5.74, 6) is 1.37. The molecule has 1 heterocycles. The first-order valence-electron chi connectivity index (χ1n) is 6.49. The Morgan fingerprint density at radius 1 is 1.05 bits per heavy atom. The molecule has 0 aliphatic carbocycles. The van der Waals surface area contributed by atoms with E-state index in [1.807, 2.05) is 24.3 Å². The fourth-order valence-electron chi connectivity index (χ4n) is 2.32. The van der Waals surface area contributed by atoms with Crippen molar-refractivity contribution in [3.05, 3.63) is 54.1 Å². The number of methoxy groups -OCH3 is 1. The highest BCUT2D eigenvalue weighted by Gasteiger charge is 2.06. The Labute approximate surface area is 118 Å². The number of pyridine rings is 1. The minimum atomic E-state index is 0.559. The van der Waals surface area contributed by atoms with Crippen molar-refractivity contribution in [3.63, 3.8) is 0 Å². The van der Waals surface area contributed by atoms with Gasteiger partial charge >= 0.3 is 0 Å². The van der Waals surface area contributed by atoms with Gasteiger partial charge in [-0.1, -0.05) is 29.8 Å². The molecule has 100 valence electrons. The fourth-order valence-corrected chi connectivity index (χ4v) is 2.32. The molecule has 2 N–H and O–H groups in total. The van der Waals surface area contributed by atoms with Gasteiger partial charge < -0.3 is 10.5 Å². The highest BCUT2D eigenvalue weighted by molar-refractivity contribution is 5.94. The summed E-state index contributed by atoms with van der Waals surface area (Å²) in [5, 5.41) is 2.09. The Hall–Kier alpha value is -2.55. The number of nitrogen functional groups attached to an aromatic ring is 1. The van der Waals surface area contributed by atoms with Gasteiger partial charge in [0.2, 0.25) is 0 Å². The van der Waals surface area contributed by atoms with Crippen LogP contribution in [-0.4, -0.2) is 12.1 Å². The first-order chi connectivity index (χ1) is 9.67. The summed E-state index contributed by atoms with van der Waals surface area (Å²) in [7, 11) is 1.66. The number of anilines is 1. The predicted molar refractivity (Wildman–Crippen MR) is 82.9 cm³/mol. The van der Waals surface area contributed by atoms with Crippen molar-refractivity contribution < 1.29 is 4.74 Å². The van der Waals surface area contributed by atoms with Crippen LogP contribution in [0.2, 0.25) is 0 Å². The number of aromatic nitrogens is 1. The average Bonchev–Trinajstić information content (AvgIpc) is 2.48. The van der Waals surface area contributed by atoms with E-state index in [0.29, 0.717) is 5.82 Å². The Bertz CT molecular complexity index is 781. The predicted octanol–water partition coefficient (Wildman–Crippen LogP) is 3.80. The zero-order valence-corrected chi connectivity index (χ0v) is 11.6. The molecule has 3 rings (SSSR count). The molecule has 3 aromatic rings. The van der Waals surface area contributed by atoms with E-state index in [2.05, 4.69) is 36.2 Å². The van der Waals surface area contributed by atoms with Crippen LogP contribution in [0.5, 0.6) is 5.75 Å². The quantitative estimate of drug-likeness (QED) is 0.765. The normalized spacial score (nSPS) is 10.7. The molecule has 0 bridgehead atoms. The largest absolute Gasteiger partial charge is 0.497 e. The van der Waals surface area contributed by atoms with Gasteiger partial charge in [-0.05, 0) is 36.6 Å². The summed E-state index contributed by atoms with van der Waals surface area (Å²) in [6, 6.07) is 16.1. The van der Waals surface area contributed by atoms with Crippen molar-refractivity contribution in [2.75, 3.05) is 12.8 Å². The summed E-state index contributed by atoms with van der Waals surface area (Å²) in [4.78, 5) is 4.51. The smallest absolute Gasteiger partial charge is 0.131 e. The molecule has 3 nitrogen and oxygen atoms in total. The molecule has 0 amide bonds.